The Balaban J connectivity index is 3.75. The minimum absolute atomic E-state index is 0.758. The maximum Gasteiger partial charge on any atom is 0.0423 e. The molecule has 48 valence electrons. The van der Waals surface area contributed by atoms with E-state index in [0.29, 0.717) is 0 Å². The second kappa shape index (κ2) is 3.84. The Labute approximate surface area is 53.2 Å². The Bertz CT molecular complexity index is 116. The second-order valence-corrected chi connectivity index (χ2v) is 3.05. The Morgan fingerprint density at radius 1 is 1.75 bits per heavy atom. The highest BCUT2D eigenvalue weighted by Crippen LogP contribution is 1.97. The molecule has 0 rings (SSSR count). The van der Waals surface area contributed by atoms with E-state index in [4.69, 9.17) is 0 Å². The van der Waals surface area contributed by atoms with E-state index in [-0.39, 0.29) is 0 Å². The lowest BCUT2D eigenvalue weighted by molar-refractivity contribution is 0.691. The van der Waals surface area contributed by atoms with Crippen molar-refractivity contribution in [1.29, 1.82) is 0 Å². The van der Waals surface area contributed by atoms with E-state index >= 15 is 0 Å². The second-order valence-electron chi connectivity index (χ2n) is 1.82. The van der Waals surface area contributed by atoms with Gasteiger partial charge in [-0.25, -0.2) is 0 Å². The highest BCUT2D eigenvalue weighted by molar-refractivity contribution is 7.87. The molecule has 0 spiro atoms. The summed E-state index contributed by atoms with van der Waals surface area (Å²) in [4.78, 5) is 0. The van der Waals surface area contributed by atoms with Gasteiger partial charge in [-0.15, -0.1) is 0 Å². The van der Waals surface area contributed by atoms with Crippen molar-refractivity contribution in [2.24, 2.45) is 0 Å². The first kappa shape index (κ1) is 7.89. The molecule has 0 amide bonds. The summed E-state index contributed by atoms with van der Waals surface area (Å²) < 4.78 is 10.4. The SMILES string of the molecule is CCC(C)=CS(C)=O. The molecule has 0 N–H and O–H groups in total. The first-order valence-electron chi connectivity index (χ1n) is 2.66. The number of rotatable bonds is 2. The zero-order valence-corrected chi connectivity index (χ0v) is 6.42. The molecule has 0 aromatic heterocycles. The van der Waals surface area contributed by atoms with Crippen LogP contribution in [0.4, 0.5) is 0 Å². The van der Waals surface area contributed by atoms with Crippen LogP contribution >= 0.6 is 0 Å². The molecule has 0 bridgehead atoms. The molecule has 0 aromatic rings. The first-order valence-corrected chi connectivity index (χ1v) is 4.28. The van der Waals surface area contributed by atoms with E-state index in [1.165, 1.54) is 5.57 Å². The van der Waals surface area contributed by atoms with Crippen LogP contribution in [0.25, 0.3) is 0 Å². The summed E-state index contributed by atoms with van der Waals surface area (Å²) >= 11 is 0. The van der Waals surface area contributed by atoms with E-state index in [0.717, 1.165) is 6.42 Å². The normalized spacial score (nSPS) is 16.1. The van der Waals surface area contributed by atoms with Crippen LogP contribution in [0.2, 0.25) is 0 Å². The topological polar surface area (TPSA) is 17.1 Å². The van der Waals surface area contributed by atoms with Gasteiger partial charge in [0, 0.05) is 22.5 Å². The van der Waals surface area contributed by atoms with E-state index in [9.17, 15) is 4.21 Å². The van der Waals surface area contributed by atoms with Crippen LogP contribution in [0, 0.1) is 0 Å². The summed E-state index contributed by atoms with van der Waals surface area (Å²) in [5.41, 5.74) is 1.20. The molecule has 0 aliphatic rings. The molecule has 0 aliphatic heterocycles. The molecule has 0 saturated carbocycles. The maximum absolute atomic E-state index is 10.4. The highest BCUT2D eigenvalue weighted by atomic mass is 32.2. The van der Waals surface area contributed by atoms with Gasteiger partial charge in [0.15, 0.2) is 0 Å². The third kappa shape index (κ3) is 4.06. The van der Waals surface area contributed by atoms with Crippen molar-refractivity contribution in [1.82, 2.24) is 0 Å². The molecule has 8 heavy (non-hydrogen) atoms. The summed E-state index contributed by atoms with van der Waals surface area (Å²) in [5, 5.41) is 1.78. The average molecular weight is 132 g/mol. The van der Waals surface area contributed by atoms with Crippen LogP contribution in [-0.4, -0.2) is 10.5 Å². The molecule has 0 radical (unpaired) electrons. The molecule has 0 fully saturated rings. The predicted molar refractivity (Wildman–Crippen MR) is 38.1 cm³/mol. The lowest BCUT2D eigenvalue weighted by Crippen LogP contribution is -1.78. The van der Waals surface area contributed by atoms with E-state index in [1.54, 1.807) is 11.7 Å². The van der Waals surface area contributed by atoms with Crippen molar-refractivity contribution < 1.29 is 4.21 Å². The van der Waals surface area contributed by atoms with Crippen LogP contribution in [0.3, 0.4) is 0 Å². The maximum atomic E-state index is 10.4. The van der Waals surface area contributed by atoms with Crippen LogP contribution in [0.5, 0.6) is 0 Å². The fraction of sp³-hybridized carbons (Fsp3) is 0.667. The fourth-order valence-corrected chi connectivity index (χ4v) is 1.10. The number of hydrogen-bond acceptors (Lipinski definition) is 1. The molecule has 2 heteroatoms. The largest absolute Gasteiger partial charge is 0.255 e. The van der Waals surface area contributed by atoms with Gasteiger partial charge < -0.3 is 0 Å². The van der Waals surface area contributed by atoms with Gasteiger partial charge in [0.25, 0.3) is 0 Å². The van der Waals surface area contributed by atoms with Gasteiger partial charge >= 0.3 is 0 Å². The lowest BCUT2D eigenvalue weighted by atomic mass is 10.3. The molecule has 0 saturated heterocycles. The van der Waals surface area contributed by atoms with Crippen LogP contribution < -0.4 is 0 Å². The quantitative estimate of drug-likeness (QED) is 0.558. The summed E-state index contributed by atoms with van der Waals surface area (Å²) in [6, 6.07) is 0. The molecular weight excluding hydrogens is 120 g/mol. The fourth-order valence-electron chi connectivity index (χ4n) is 0.367. The van der Waals surface area contributed by atoms with Crippen molar-refractivity contribution in [2.75, 3.05) is 6.26 Å². The van der Waals surface area contributed by atoms with Gasteiger partial charge in [-0.2, -0.15) is 0 Å². The molecule has 1 atom stereocenters. The predicted octanol–water partition coefficient (Wildman–Crippen LogP) is 1.68. The minimum Gasteiger partial charge on any atom is -0.255 e. The summed E-state index contributed by atoms with van der Waals surface area (Å²) in [5.74, 6) is 0. The van der Waals surface area contributed by atoms with E-state index < -0.39 is 10.8 Å². The average Bonchev–Trinajstić information content (AvgIpc) is 1.65. The van der Waals surface area contributed by atoms with Crippen LogP contribution in [0.1, 0.15) is 20.3 Å². The molecule has 1 nitrogen and oxygen atoms in total. The standard InChI is InChI=1S/C6H12OS/c1-4-6(2)5-8(3)7/h5H,4H2,1-3H3. The zero-order chi connectivity index (χ0) is 6.57. The Morgan fingerprint density at radius 2 is 2.25 bits per heavy atom. The first-order chi connectivity index (χ1) is 3.66. The third-order valence-corrected chi connectivity index (χ3v) is 1.66. The van der Waals surface area contributed by atoms with E-state index in [2.05, 4.69) is 6.92 Å². The Morgan fingerprint density at radius 3 is 2.38 bits per heavy atom. The van der Waals surface area contributed by atoms with Crippen molar-refractivity contribution in [3.8, 4) is 0 Å². The van der Waals surface area contributed by atoms with Gasteiger partial charge in [-0.3, -0.25) is 4.21 Å². The van der Waals surface area contributed by atoms with Gasteiger partial charge in [0.1, 0.15) is 0 Å². The highest BCUT2D eigenvalue weighted by Gasteiger charge is 1.83. The molecular formula is C6H12OS. The van der Waals surface area contributed by atoms with E-state index in [1.807, 2.05) is 6.92 Å². The van der Waals surface area contributed by atoms with Crippen molar-refractivity contribution in [2.45, 2.75) is 20.3 Å². The summed E-state index contributed by atoms with van der Waals surface area (Å²) in [7, 11) is -0.758. The number of allylic oxidation sites excluding steroid dienone is 1. The van der Waals surface area contributed by atoms with Crippen molar-refractivity contribution in [3.63, 3.8) is 0 Å². The Hall–Kier alpha value is -0.110. The van der Waals surface area contributed by atoms with Gasteiger partial charge in [-0.1, -0.05) is 12.5 Å². The minimum atomic E-state index is -0.758. The Kier molecular flexibility index (Phi) is 3.79. The van der Waals surface area contributed by atoms with Crippen molar-refractivity contribution in [3.05, 3.63) is 11.0 Å². The van der Waals surface area contributed by atoms with Gasteiger partial charge in [0.2, 0.25) is 0 Å². The van der Waals surface area contributed by atoms with Crippen molar-refractivity contribution >= 4 is 10.8 Å². The summed E-state index contributed by atoms with van der Waals surface area (Å²) in [6.45, 7) is 4.04. The van der Waals surface area contributed by atoms with Gasteiger partial charge in [0.05, 0.1) is 0 Å². The zero-order valence-electron chi connectivity index (χ0n) is 5.60. The summed E-state index contributed by atoms with van der Waals surface area (Å²) in [6.07, 6.45) is 2.68. The molecule has 0 heterocycles. The third-order valence-electron chi connectivity index (χ3n) is 0.925. The molecule has 0 aromatic carbocycles. The molecule has 1 unspecified atom stereocenters. The number of hydrogen-bond donors (Lipinski definition) is 0. The van der Waals surface area contributed by atoms with Crippen LogP contribution in [0.15, 0.2) is 11.0 Å². The van der Waals surface area contributed by atoms with Gasteiger partial charge in [-0.05, 0) is 13.3 Å². The smallest absolute Gasteiger partial charge is 0.0423 e. The van der Waals surface area contributed by atoms with Crippen LogP contribution in [-0.2, 0) is 10.8 Å². The monoisotopic (exact) mass is 132 g/mol. The lowest BCUT2D eigenvalue weighted by Gasteiger charge is -1.89. The molecule has 0 aliphatic carbocycles.